The Morgan fingerprint density at radius 2 is 2.20 bits per heavy atom. The van der Waals surface area contributed by atoms with E-state index in [4.69, 9.17) is 15.2 Å². The summed E-state index contributed by atoms with van der Waals surface area (Å²) in [6.07, 6.45) is 2.21. The van der Waals surface area contributed by atoms with Gasteiger partial charge in [-0.05, 0) is 38.0 Å². The Bertz CT molecular complexity index is 472. The molecule has 5 nitrogen and oxygen atoms in total. The number of nitrogens with zero attached hydrogens (tertiary/aromatic N) is 1. The highest BCUT2D eigenvalue weighted by molar-refractivity contribution is 5.78. The maximum absolute atomic E-state index is 12.1. The number of amides is 1. The number of ether oxygens (including phenoxy) is 2. The van der Waals surface area contributed by atoms with Gasteiger partial charge in [0.05, 0.1) is 7.11 Å². The molecule has 1 aliphatic carbocycles. The highest BCUT2D eigenvalue weighted by Crippen LogP contribution is 2.27. The fraction of sp³-hybridized carbons (Fsp3) is 0.533. The third kappa shape index (κ3) is 3.42. The largest absolute Gasteiger partial charge is 0.497 e. The lowest BCUT2D eigenvalue weighted by molar-refractivity contribution is -0.133. The predicted octanol–water partition coefficient (Wildman–Crippen LogP) is 1.54. The van der Waals surface area contributed by atoms with Crippen molar-refractivity contribution in [2.24, 2.45) is 5.73 Å². The molecule has 0 saturated heterocycles. The van der Waals surface area contributed by atoms with Gasteiger partial charge in [-0.15, -0.1) is 0 Å². The Hall–Kier alpha value is -1.75. The SMILES string of the molecule is CCN(C(=O)COc1ccc(OC)cc1CN)C1CC1. The molecule has 1 amide bonds. The average molecular weight is 278 g/mol. The number of methoxy groups -OCH3 is 1. The second kappa shape index (κ2) is 6.61. The first-order valence-corrected chi connectivity index (χ1v) is 6.98. The van der Waals surface area contributed by atoms with Gasteiger partial charge in [-0.2, -0.15) is 0 Å². The van der Waals surface area contributed by atoms with E-state index in [0.717, 1.165) is 30.7 Å². The number of carbonyl (C=O) groups is 1. The van der Waals surface area contributed by atoms with Gasteiger partial charge in [-0.3, -0.25) is 4.79 Å². The summed E-state index contributed by atoms with van der Waals surface area (Å²) >= 11 is 0. The molecule has 0 unspecified atom stereocenters. The van der Waals surface area contributed by atoms with Crippen LogP contribution in [-0.2, 0) is 11.3 Å². The maximum Gasteiger partial charge on any atom is 0.260 e. The van der Waals surface area contributed by atoms with Crippen molar-refractivity contribution in [1.29, 1.82) is 0 Å². The lowest BCUT2D eigenvalue weighted by Crippen LogP contribution is -2.36. The molecule has 1 aromatic rings. The van der Waals surface area contributed by atoms with E-state index < -0.39 is 0 Å². The smallest absolute Gasteiger partial charge is 0.260 e. The Balaban J connectivity index is 1.97. The molecule has 110 valence electrons. The van der Waals surface area contributed by atoms with Crippen molar-refractivity contribution < 1.29 is 14.3 Å². The van der Waals surface area contributed by atoms with Crippen LogP contribution in [0.15, 0.2) is 18.2 Å². The van der Waals surface area contributed by atoms with Crippen molar-refractivity contribution in [2.75, 3.05) is 20.3 Å². The van der Waals surface area contributed by atoms with E-state index in [1.807, 2.05) is 17.9 Å². The molecule has 0 heterocycles. The van der Waals surface area contributed by atoms with E-state index in [9.17, 15) is 4.79 Å². The molecule has 1 aliphatic rings. The molecular formula is C15H22N2O3. The first kappa shape index (κ1) is 14.7. The Morgan fingerprint density at radius 1 is 1.45 bits per heavy atom. The van der Waals surface area contributed by atoms with Gasteiger partial charge in [0.2, 0.25) is 0 Å². The van der Waals surface area contributed by atoms with E-state index in [0.29, 0.717) is 18.3 Å². The number of likely N-dealkylation sites (N-methyl/N-ethyl adjacent to an activating group) is 1. The number of carbonyl (C=O) groups excluding carboxylic acids is 1. The fourth-order valence-electron chi connectivity index (χ4n) is 2.23. The molecule has 1 saturated carbocycles. The van der Waals surface area contributed by atoms with E-state index >= 15 is 0 Å². The number of hydrogen-bond donors (Lipinski definition) is 1. The topological polar surface area (TPSA) is 64.8 Å². The van der Waals surface area contributed by atoms with Crippen LogP contribution in [0.5, 0.6) is 11.5 Å². The number of benzene rings is 1. The molecule has 20 heavy (non-hydrogen) atoms. The fourth-order valence-corrected chi connectivity index (χ4v) is 2.23. The van der Waals surface area contributed by atoms with Gasteiger partial charge in [-0.25, -0.2) is 0 Å². The van der Waals surface area contributed by atoms with Crippen LogP contribution >= 0.6 is 0 Å². The van der Waals surface area contributed by atoms with Crippen molar-refractivity contribution in [1.82, 2.24) is 4.90 Å². The van der Waals surface area contributed by atoms with Crippen molar-refractivity contribution in [3.63, 3.8) is 0 Å². The Labute approximate surface area is 119 Å². The van der Waals surface area contributed by atoms with E-state index in [2.05, 4.69) is 0 Å². The van der Waals surface area contributed by atoms with Crippen LogP contribution in [0.2, 0.25) is 0 Å². The van der Waals surface area contributed by atoms with E-state index in [-0.39, 0.29) is 12.5 Å². The molecule has 0 atom stereocenters. The van der Waals surface area contributed by atoms with Crippen LogP contribution in [0, 0.1) is 0 Å². The van der Waals surface area contributed by atoms with Gasteiger partial charge >= 0.3 is 0 Å². The van der Waals surface area contributed by atoms with E-state index in [1.165, 1.54) is 0 Å². The predicted molar refractivity (Wildman–Crippen MR) is 76.8 cm³/mol. The minimum absolute atomic E-state index is 0.0359. The third-order valence-corrected chi connectivity index (χ3v) is 3.49. The summed E-state index contributed by atoms with van der Waals surface area (Å²) in [5.41, 5.74) is 6.53. The van der Waals surface area contributed by atoms with Gasteiger partial charge < -0.3 is 20.1 Å². The Kier molecular flexibility index (Phi) is 4.84. The lowest BCUT2D eigenvalue weighted by atomic mass is 10.2. The van der Waals surface area contributed by atoms with Crippen molar-refractivity contribution in [3.05, 3.63) is 23.8 Å². The minimum Gasteiger partial charge on any atom is -0.497 e. The zero-order valence-electron chi connectivity index (χ0n) is 12.1. The summed E-state index contributed by atoms with van der Waals surface area (Å²) in [6.45, 7) is 3.14. The van der Waals surface area contributed by atoms with Crippen LogP contribution < -0.4 is 15.2 Å². The van der Waals surface area contributed by atoms with Crippen LogP contribution in [-0.4, -0.2) is 37.1 Å². The van der Waals surface area contributed by atoms with Gasteiger partial charge in [0, 0.05) is 24.7 Å². The third-order valence-electron chi connectivity index (χ3n) is 3.49. The summed E-state index contributed by atoms with van der Waals surface area (Å²) in [5.74, 6) is 1.42. The summed E-state index contributed by atoms with van der Waals surface area (Å²) in [5, 5.41) is 0. The van der Waals surface area contributed by atoms with Crippen LogP contribution in [0.3, 0.4) is 0 Å². The lowest BCUT2D eigenvalue weighted by Gasteiger charge is -2.21. The van der Waals surface area contributed by atoms with Crippen molar-refractivity contribution in [2.45, 2.75) is 32.4 Å². The second-order valence-corrected chi connectivity index (χ2v) is 4.88. The van der Waals surface area contributed by atoms with Crippen molar-refractivity contribution >= 4 is 5.91 Å². The van der Waals surface area contributed by atoms with Crippen LogP contribution in [0.1, 0.15) is 25.3 Å². The maximum atomic E-state index is 12.1. The molecule has 2 rings (SSSR count). The molecule has 0 aromatic heterocycles. The average Bonchev–Trinajstić information content (AvgIpc) is 3.30. The first-order chi connectivity index (χ1) is 9.69. The number of hydrogen-bond acceptors (Lipinski definition) is 4. The molecule has 1 fully saturated rings. The number of rotatable bonds is 7. The molecule has 0 radical (unpaired) electrons. The van der Waals surface area contributed by atoms with Gasteiger partial charge in [0.15, 0.2) is 6.61 Å². The minimum atomic E-state index is 0.0359. The summed E-state index contributed by atoms with van der Waals surface area (Å²) in [4.78, 5) is 14.0. The highest BCUT2D eigenvalue weighted by Gasteiger charge is 2.31. The summed E-state index contributed by atoms with van der Waals surface area (Å²) < 4.78 is 10.8. The van der Waals surface area contributed by atoms with Crippen LogP contribution in [0.4, 0.5) is 0 Å². The van der Waals surface area contributed by atoms with Gasteiger partial charge in [0.1, 0.15) is 11.5 Å². The van der Waals surface area contributed by atoms with Crippen molar-refractivity contribution in [3.8, 4) is 11.5 Å². The van der Waals surface area contributed by atoms with Gasteiger partial charge in [0.25, 0.3) is 5.91 Å². The summed E-state index contributed by atoms with van der Waals surface area (Å²) in [6, 6.07) is 5.85. The molecule has 0 bridgehead atoms. The van der Waals surface area contributed by atoms with Gasteiger partial charge in [-0.1, -0.05) is 0 Å². The normalized spacial score (nSPS) is 13.9. The molecule has 0 spiro atoms. The Morgan fingerprint density at radius 3 is 2.75 bits per heavy atom. The molecule has 1 aromatic carbocycles. The summed E-state index contributed by atoms with van der Waals surface area (Å²) in [7, 11) is 1.61. The van der Waals surface area contributed by atoms with Crippen LogP contribution in [0.25, 0.3) is 0 Å². The molecule has 0 aliphatic heterocycles. The number of nitrogens with two attached hydrogens (primary N) is 1. The molecular weight excluding hydrogens is 256 g/mol. The van der Waals surface area contributed by atoms with E-state index in [1.54, 1.807) is 19.2 Å². The molecule has 2 N–H and O–H groups in total. The highest BCUT2D eigenvalue weighted by atomic mass is 16.5. The monoisotopic (exact) mass is 278 g/mol. The second-order valence-electron chi connectivity index (χ2n) is 4.88. The first-order valence-electron chi connectivity index (χ1n) is 6.98. The zero-order valence-corrected chi connectivity index (χ0v) is 12.1. The standard InChI is InChI=1S/C15H22N2O3/c1-3-17(12-4-5-12)15(18)10-20-14-7-6-13(19-2)8-11(14)9-16/h6-8,12H,3-5,9-10,16H2,1-2H3. The molecule has 5 heteroatoms. The quantitative estimate of drug-likeness (QED) is 0.821. The zero-order chi connectivity index (χ0) is 14.5.